The molecule has 0 radical (unpaired) electrons. The van der Waals surface area contributed by atoms with Crippen LogP contribution in [0.15, 0.2) is 6.07 Å². The number of aromatic amines is 1. The van der Waals surface area contributed by atoms with Gasteiger partial charge in [0.15, 0.2) is 0 Å². The first-order valence-electron chi connectivity index (χ1n) is 6.98. The van der Waals surface area contributed by atoms with Crippen LogP contribution in [-0.2, 0) is 11.2 Å². The van der Waals surface area contributed by atoms with E-state index in [1.54, 1.807) is 0 Å². The van der Waals surface area contributed by atoms with E-state index in [4.69, 9.17) is 0 Å². The first kappa shape index (κ1) is 14.4. The Balaban J connectivity index is 1.86. The van der Waals surface area contributed by atoms with Gasteiger partial charge in [0.05, 0.1) is 12.1 Å². The van der Waals surface area contributed by atoms with E-state index in [2.05, 4.69) is 17.1 Å². The van der Waals surface area contributed by atoms with Gasteiger partial charge in [-0.2, -0.15) is 16.9 Å². The third-order valence-electron chi connectivity index (χ3n) is 3.79. The number of amides is 1. The molecule has 1 amide bonds. The number of nitrogens with one attached hydrogen (secondary N) is 1. The molecule has 1 N–H and O–H groups in total. The van der Waals surface area contributed by atoms with Crippen LogP contribution in [-0.4, -0.2) is 45.1 Å². The summed E-state index contributed by atoms with van der Waals surface area (Å²) in [5.41, 5.74) is 1.84. The Bertz CT molecular complexity index is 432. The van der Waals surface area contributed by atoms with Crippen molar-refractivity contribution in [1.82, 2.24) is 15.1 Å². The molecule has 0 aromatic carbocycles. The van der Waals surface area contributed by atoms with E-state index >= 15 is 0 Å². The van der Waals surface area contributed by atoms with Crippen LogP contribution in [0.2, 0.25) is 0 Å². The van der Waals surface area contributed by atoms with Crippen LogP contribution >= 0.6 is 11.8 Å². The highest BCUT2D eigenvalue weighted by Gasteiger charge is 2.29. The molecule has 0 bridgehead atoms. The Labute approximate surface area is 119 Å². The predicted octanol–water partition coefficient (Wildman–Crippen LogP) is 2.39. The highest BCUT2D eigenvalue weighted by molar-refractivity contribution is 7.99. The number of carbonyl (C=O) groups excluding carboxylic acids is 1. The van der Waals surface area contributed by atoms with Crippen molar-refractivity contribution < 1.29 is 4.79 Å². The second-order valence-corrected chi connectivity index (χ2v) is 6.85. The van der Waals surface area contributed by atoms with Gasteiger partial charge in [0.2, 0.25) is 5.91 Å². The molecule has 0 saturated heterocycles. The average Bonchev–Trinajstić information content (AvgIpc) is 2.98. The quantitative estimate of drug-likeness (QED) is 0.901. The Morgan fingerprint density at radius 2 is 2.37 bits per heavy atom. The number of H-pyrrole nitrogens is 1. The van der Waals surface area contributed by atoms with E-state index in [9.17, 15) is 4.79 Å². The fourth-order valence-electron chi connectivity index (χ4n) is 2.70. The molecule has 0 unspecified atom stereocenters. The van der Waals surface area contributed by atoms with Crippen LogP contribution in [0.3, 0.4) is 0 Å². The van der Waals surface area contributed by atoms with E-state index in [1.165, 1.54) is 12.2 Å². The number of thioether (sulfide) groups is 1. The highest BCUT2D eigenvalue weighted by atomic mass is 32.2. The number of nitrogens with zero attached hydrogens (tertiary/aromatic N) is 2. The fourth-order valence-corrected chi connectivity index (χ4v) is 3.84. The third-order valence-corrected chi connectivity index (χ3v) is 5.02. The topological polar surface area (TPSA) is 49.0 Å². The summed E-state index contributed by atoms with van der Waals surface area (Å²) >= 11 is 2.02. The molecule has 1 saturated carbocycles. The Hall–Kier alpha value is -0.970. The Morgan fingerprint density at radius 3 is 3.00 bits per heavy atom. The maximum Gasteiger partial charge on any atom is 0.228 e. The molecule has 1 aliphatic rings. The van der Waals surface area contributed by atoms with Crippen molar-refractivity contribution in [3.63, 3.8) is 0 Å². The van der Waals surface area contributed by atoms with Crippen molar-refractivity contribution in [2.24, 2.45) is 0 Å². The van der Waals surface area contributed by atoms with Gasteiger partial charge in [0, 0.05) is 24.0 Å². The zero-order valence-electron chi connectivity index (χ0n) is 12.0. The van der Waals surface area contributed by atoms with Crippen LogP contribution in [0.1, 0.15) is 37.6 Å². The lowest BCUT2D eigenvalue weighted by Crippen LogP contribution is -2.36. The molecular weight excluding hydrogens is 258 g/mol. The molecule has 0 aliphatic heterocycles. The van der Waals surface area contributed by atoms with E-state index < -0.39 is 0 Å². The normalized spacial score (nSPS) is 22.7. The third kappa shape index (κ3) is 3.75. The lowest BCUT2D eigenvalue weighted by atomic mass is 10.2. The molecule has 1 aromatic rings. The molecule has 1 heterocycles. The standard InChI is InChI=1S/C14H23N3OS/c1-4-19-13-6-5-12(9-13)17(3)14(18)8-11-7-10(2)15-16-11/h7,12-13H,4-6,8-9H2,1-3H3,(H,15,16)/t12-,13+/m1/s1. The number of aryl methyl sites for hydroxylation is 1. The van der Waals surface area contributed by atoms with E-state index in [-0.39, 0.29) is 5.91 Å². The Kier molecular flexibility index (Phi) is 4.91. The summed E-state index contributed by atoms with van der Waals surface area (Å²) in [5.74, 6) is 1.35. The second-order valence-electron chi connectivity index (χ2n) is 5.27. The van der Waals surface area contributed by atoms with Crippen molar-refractivity contribution in [1.29, 1.82) is 0 Å². The second kappa shape index (κ2) is 6.46. The Morgan fingerprint density at radius 1 is 1.58 bits per heavy atom. The molecule has 2 rings (SSSR count). The van der Waals surface area contributed by atoms with Gasteiger partial charge in [0.25, 0.3) is 0 Å². The molecule has 106 valence electrons. The van der Waals surface area contributed by atoms with Crippen molar-refractivity contribution in [3.05, 3.63) is 17.5 Å². The van der Waals surface area contributed by atoms with Gasteiger partial charge in [-0.1, -0.05) is 6.92 Å². The largest absolute Gasteiger partial charge is 0.342 e. The molecule has 1 aliphatic carbocycles. The summed E-state index contributed by atoms with van der Waals surface area (Å²) in [4.78, 5) is 14.2. The molecular formula is C14H23N3OS. The van der Waals surface area contributed by atoms with Crippen LogP contribution in [0.4, 0.5) is 0 Å². The van der Waals surface area contributed by atoms with Crippen molar-refractivity contribution in [2.75, 3.05) is 12.8 Å². The number of likely N-dealkylation sites (N-methyl/N-ethyl adjacent to an activating group) is 1. The van der Waals surface area contributed by atoms with Gasteiger partial charge in [-0.3, -0.25) is 9.89 Å². The molecule has 1 fully saturated rings. The predicted molar refractivity (Wildman–Crippen MR) is 79.4 cm³/mol. The lowest BCUT2D eigenvalue weighted by Gasteiger charge is -2.24. The van der Waals surface area contributed by atoms with Gasteiger partial charge in [-0.25, -0.2) is 0 Å². The fraction of sp³-hybridized carbons (Fsp3) is 0.714. The molecule has 5 heteroatoms. The van der Waals surface area contributed by atoms with E-state index in [0.717, 1.165) is 29.5 Å². The first-order valence-corrected chi connectivity index (χ1v) is 8.03. The molecule has 0 spiro atoms. The summed E-state index contributed by atoms with van der Waals surface area (Å²) < 4.78 is 0. The number of aromatic nitrogens is 2. The average molecular weight is 281 g/mol. The molecule has 2 atom stereocenters. The zero-order valence-corrected chi connectivity index (χ0v) is 12.8. The molecule has 19 heavy (non-hydrogen) atoms. The molecule has 4 nitrogen and oxygen atoms in total. The van der Waals surface area contributed by atoms with Gasteiger partial charge in [-0.15, -0.1) is 0 Å². The number of carbonyl (C=O) groups is 1. The van der Waals surface area contributed by atoms with E-state index in [0.29, 0.717) is 12.5 Å². The summed E-state index contributed by atoms with van der Waals surface area (Å²) in [6.07, 6.45) is 3.92. The lowest BCUT2D eigenvalue weighted by molar-refractivity contribution is -0.131. The minimum atomic E-state index is 0.179. The summed E-state index contributed by atoms with van der Waals surface area (Å²) in [7, 11) is 1.94. The minimum absolute atomic E-state index is 0.179. The first-order chi connectivity index (χ1) is 9.10. The number of hydrogen-bond acceptors (Lipinski definition) is 3. The smallest absolute Gasteiger partial charge is 0.228 e. The minimum Gasteiger partial charge on any atom is -0.342 e. The van der Waals surface area contributed by atoms with Crippen molar-refractivity contribution >= 4 is 17.7 Å². The molecule has 1 aromatic heterocycles. The summed E-state index contributed by atoms with van der Waals surface area (Å²) in [5, 5.41) is 7.75. The van der Waals surface area contributed by atoms with E-state index in [1.807, 2.05) is 36.7 Å². The maximum absolute atomic E-state index is 12.2. The zero-order chi connectivity index (χ0) is 13.8. The summed E-state index contributed by atoms with van der Waals surface area (Å²) in [6.45, 7) is 4.15. The van der Waals surface area contributed by atoms with Crippen LogP contribution in [0.25, 0.3) is 0 Å². The SMILES string of the molecule is CCS[C@H]1CC[C@@H](N(C)C(=O)Cc2cc(C)[nH]n2)C1. The van der Waals surface area contributed by atoms with Gasteiger partial charge < -0.3 is 4.90 Å². The van der Waals surface area contributed by atoms with Crippen LogP contribution < -0.4 is 0 Å². The van der Waals surface area contributed by atoms with Crippen molar-refractivity contribution in [3.8, 4) is 0 Å². The van der Waals surface area contributed by atoms with Crippen molar-refractivity contribution in [2.45, 2.75) is 50.8 Å². The maximum atomic E-state index is 12.2. The van der Waals surface area contributed by atoms with Crippen LogP contribution in [0.5, 0.6) is 0 Å². The number of hydrogen-bond donors (Lipinski definition) is 1. The summed E-state index contributed by atoms with van der Waals surface area (Å²) in [6, 6.07) is 2.35. The number of rotatable bonds is 5. The van der Waals surface area contributed by atoms with Crippen LogP contribution in [0, 0.1) is 6.92 Å². The van der Waals surface area contributed by atoms with Gasteiger partial charge >= 0.3 is 0 Å². The van der Waals surface area contributed by atoms with Gasteiger partial charge in [0.1, 0.15) is 0 Å². The van der Waals surface area contributed by atoms with Gasteiger partial charge in [-0.05, 0) is 38.0 Å². The highest BCUT2D eigenvalue weighted by Crippen LogP contribution is 2.32. The monoisotopic (exact) mass is 281 g/mol.